The quantitative estimate of drug-likeness (QED) is 0.839. The SMILES string of the molecule is Cc1ccc(S(=O)(=O)Nc2cccc(C(=O)N3CCNC[C@H]3C)c2)cc1F. The number of aryl methyl sites for hydroxylation is 1. The highest BCUT2D eigenvalue weighted by Crippen LogP contribution is 2.20. The van der Waals surface area contributed by atoms with Crippen molar-refractivity contribution in [3.63, 3.8) is 0 Å². The second-order valence-corrected chi connectivity index (χ2v) is 8.33. The van der Waals surface area contributed by atoms with Gasteiger partial charge < -0.3 is 10.2 Å². The number of hydrogen-bond acceptors (Lipinski definition) is 4. The molecule has 0 aliphatic carbocycles. The van der Waals surface area contributed by atoms with Crippen LogP contribution in [0.4, 0.5) is 10.1 Å². The summed E-state index contributed by atoms with van der Waals surface area (Å²) in [6.07, 6.45) is 0. The van der Waals surface area contributed by atoms with Gasteiger partial charge in [0, 0.05) is 36.9 Å². The van der Waals surface area contributed by atoms with Gasteiger partial charge in [0.2, 0.25) is 0 Å². The van der Waals surface area contributed by atoms with Crippen LogP contribution in [0.2, 0.25) is 0 Å². The molecule has 2 aromatic rings. The van der Waals surface area contributed by atoms with Crippen molar-refractivity contribution < 1.29 is 17.6 Å². The van der Waals surface area contributed by atoms with Crippen LogP contribution in [-0.2, 0) is 10.0 Å². The van der Waals surface area contributed by atoms with Crippen molar-refractivity contribution in [3.05, 3.63) is 59.4 Å². The van der Waals surface area contributed by atoms with Gasteiger partial charge in [-0.2, -0.15) is 0 Å². The van der Waals surface area contributed by atoms with Crippen molar-refractivity contribution in [1.29, 1.82) is 0 Å². The number of hydrogen-bond donors (Lipinski definition) is 2. The molecule has 2 N–H and O–H groups in total. The summed E-state index contributed by atoms with van der Waals surface area (Å²) in [6, 6.07) is 10.1. The van der Waals surface area contributed by atoms with Crippen LogP contribution in [0.15, 0.2) is 47.4 Å². The van der Waals surface area contributed by atoms with Gasteiger partial charge in [-0.25, -0.2) is 12.8 Å². The molecule has 1 amide bonds. The minimum Gasteiger partial charge on any atom is -0.333 e. The van der Waals surface area contributed by atoms with E-state index in [0.29, 0.717) is 17.7 Å². The van der Waals surface area contributed by atoms with E-state index in [1.165, 1.54) is 18.2 Å². The fraction of sp³-hybridized carbons (Fsp3) is 0.316. The lowest BCUT2D eigenvalue weighted by Crippen LogP contribution is -2.52. The minimum absolute atomic E-state index is 0.0575. The van der Waals surface area contributed by atoms with Crippen LogP contribution < -0.4 is 10.0 Å². The number of nitrogens with zero attached hydrogens (tertiary/aromatic N) is 1. The molecule has 0 aromatic heterocycles. The van der Waals surface area contributed by atoms with E-state index in [-0.39, 0.29) is 22.5 Å². The Morgan fingerprint density at radius 2 is 2.04 bits per heavy atom. The highest BCUT2D eigenvalue weighted by atomic mass is 32.2. The van der Waals surface area contributed by atoms with E-state index >= 15 is 0 Å². The van der Waals surface area contributed by atoms with Gasteiger partial charge in [-0.05, 0) is 49.7 Å². The van der Waals surface area contributed by atoms with Crippen LogP contribution in [0, 0.1) is 12.7 Å². The molecular formula is C19H22FN3O3S. The zero-order valence-corrected chi connectivity index (χ0v) is 16.0. The summed E-state index contributed by atoms with van der Waals surface area (Å²) in [7, 11) is -3.96. The zero-order valence-electron chi connectivity index (χ0n) is 15.2. The number of halogens is 1. The predicted octanol–water partition coefficient (Wildman–Crippen LogP) is 2.37. The average molecular weight is 391 g/mol. The van der Waals surface area contributed by atoms with Crippen LogP contribution in [0.1, 0.15) is 22.8 Å². The number of anilines is 1. The van der Waals surface area contributed by atoms with Crippen LogP contribution in [0.25, 0.3) is 0 Å². The first-order chi connectivity index (χ1) is 12.8. The highest BCUT2D eigenvalue weighted by Gasteiger charge is 2.24. The van der Waals surface area contributed by atoms with Crippen molar-refractivity contribution in [1.82, 2.24) is 10.2 Å². The maximum Gasteiger partial charge on any atom is 0.261 e. The molecule has 1 aliphatic heterocycles. The van der Waals surface area contributed by atoms with Crippen LogP contribution in [0.3, 0.4) is 0 Å². The maximum absolute atomic E-state index is 13.7. The summed E-state index contributed by atoms with van der Waals surface area (Å²) in [5.41, 5.74) is 1.02. The molecular weight excluding hydrogens is 369 g/mol. The first-order valence-electron chi connectivity index (χ1n) is 8.68. The lowest BCUT2D eigenvalue weighted by Gasteiger charge is -2.34. The van der Waals surface area contributed by atoms with Crippen molar-refractivity contribution in [3.8, 4) is 0 Å². The Bertz CT molecular complexity index is 962. The molecule has 1 heterocycles. The Morgan fingerprint density at radius 3 is 2.74 bits per heavy atom. The Labute approximate surface area is 158 Å². The van der Waals surface area contributed by atoms with Gasteiger partial charge in [0.15, 0.2) is 0 Å². The van der Waals surface area contributed by atoms with Crippen LogP contribution in [0.5, 0.6) is 0 Å². The van der Waals surface area contributed by atoms with E-state index < -0.39 is 15.8 Å². The van der Waals surface area contributed by atoms with E-state index in [2.05, 4.69) is 10.0 Å². The van der Waals surface area contributed by atoms with Gasteiger partial charge >= 0.3 is 0 Å². The van der Waals surface area contributed by atoms with E-state index in [1.54, 1.807) is 30.0 Å². The van der Waals surface area contributed by atoms with Gasteiger partial charge in [-0.3, -0.25) is 9.52 Å². The largest absolute Gasteiger partial charge is 0.333 e. The van der Waals surface area contributed by atoms with Gasteiger partial charge in [-0.1, -0.05) is 12.1 Å². The molecule has 0 radical (unpaired) electrons. The van der Waals surface area contributed by atoms with Crippen molar-refractivity contribution in [2.24, 2.45) is 0 Å². The van der Waals surface area contributed by atoms with Gasteiger partial charge in [0.1, 0.15) is 5.82 Å². The van der Waals surface area contributed by atoms with Crippen molar-refractivity contribution in [2.75, 3.05) is 24.4 Å². The standard InChI is InChI=1S/C19H22FN3O3S/c1-13-6-7-17(11-18(13)20)27(25,26)22-16-5-3-4-15(10-16)19(24)23-9-8-21-12-14(23)2/h3-7,10-11,14,21-22H,8-9,12H2,1-2H3/t14-/m1/s1. The molecule has 0 unspecified atom stereocenters. The molecule has 144 valence electrons. The Hall–Kier alpha value is -2.45. The third kappa shape index (κ3) is 4.28. The smallest absolute Gasteiger partial charge is 0.261 e. The monoisotopic (exact) mass is 391 g/mol. The maximum atomic E-state index is 13.7. The number of carbonyl (C=O) groups excluding carboxylic acids is 1. The van der Waals surface area contributed by atoms with E-state index in [9.17, 15) is 17.6 Å². The third-order valence-corrected chi connectivity index (χ3v) is 5.96. The second kappa shape index (κ2) is 7.66. The minimum atomic E-state index is -3.96. The Kier molecular flexibility index (Phi) is 5.48. The van der Waals surface area contributed by atoms with Gasteiger partial charge in [0.25, 0.3) is 15.9 Å². The molecule has 1 aliphatic rings. The summed E-state index contributed by atoms with van der Waals surface area (Å²) in [5, 5.41) is 3.22. The van der Waals surface area contributed by atoms with E-state index in [4.69, 9.17) is 0 Å². The summed E-state index contributed by atoms with van der Waals surface area (Å²) in [4.78, 5) is 14.3. The number of sulfonamides is 1. The number of carbonyl (C=O) groups is 1. The molecule has 1 saturated heterocycles. The Morgan fingerprint density at radius 1 is 1.26 bits per heavy atom. The van der Waals surface area contributed by atoms with Gasteiger partial charge in [-0.15, -0.1) is 0 Å². The predicted molar refractivity (Wildman–Crippen MR) is 102 cm³/mol. The molecule has 8 heteroatoms. The number of piperazine rings is 1. The number of rotatable bonds is 4. The topological polar surface area (TPSA) is 78.5 Å². The lowest BCUT2D eigenvalue weighted by atomic mass is 10.1. The summed E-state index contributed by atoms with van der Waals surface area (Å²) >= 11 is 0. The molecule has 0 spiro atoms. The lowest BCUT2D eigenvalue weighted by molar-refractivity contribution is 0.0656. The van der Waals surface area contributed by atoms with Crippen molar-refractivity contribution >= 4 is 21.6 Å². The number of amides is 1. The molecule has 1 fully saturated rings. The third-order valence-electron chi connectivity index (χ3n) is 4.58. The van der Waals surface area contributed by atoms with E-state index in [1.807, 2.05) is 6.92 Å². The number of benzene rings is 2. The van der Waals surface area contributed by atoms with Crippen LogP contribution in [-0.4, -0.2) is 44.9 Å². The molecule has 2 aromatic carbocycles. The van der Waals surface area contributed by atoms with Gasteiger partial charge in [0.05, 0.1) is 4.90 Å². The molecule has 6 nitrogen and oxygen atoms in total. The molecule has 1 atom stereocenters. The zero-order chi connectivity index (χ0) is 19.6. The molecule has 0 saturated carbocycles. The second-order valence-electron chi connectivity index (χ2n) is 6.65. The molecule has 0 bridgehead atoms. The highest BCUT2D eigenvalue weighted by molar-refractivity contribution is 7.92. The van der Waals surface area contributed by atoms with Crippen LogP contribution >= 0.6 is 0 Å². The fourth-order valence-corrected chi connectivity index (χ4v) is 4.04. The summed E-state index contributed by atoms with van der Waals surface area (Å²) in [6.45, 7) is 5.56. The fourth-order valence-electron chi connectivity index (χ4n) is 2.98. The van der Waals surface area contributed by atoms with E-state index in [0.717, 1.165) is 19.2 Å². The summed E-state index contributed by atoms with van der Waals surface area (Å²) < 4.78 is 41.2. The molecule has 3 rings (SSSR count). The first kappa shape index (κ1) is 19.3. The van der Waals surface area contributed by atoms with Crippen molar-refractivity contribution in [2.45, 2.75) is 24.8 Å². The summed E-state index contributed by atoms with van der Waals surface area (Å²) in [5.74, 6) is -0.735. The normalized spacial score (nSPS) is 17.6. The Balaban J connectivity index is 1.83. The first-order valence-corrected chi connectivity index (χ1v) is 10.2. The molecule has 27 heavy (non-hydrogen) atoms. The number of nitrogens with one attached hydrogen (secondary N) is 2. The average Bonchev–Trinajstić information content (AvgIpc) is 2.63.